The lowest BCUT2D eigenvalue weighted by molar-refractivity contribution is 0.312. The Morgan fingerprint density at radius 1 is 1.07 bits per heavy atom. The van der Waals surface area contributed by atoms with Crippen LogP contribution >= 0.6 is 0 Å². The standard InChI is InChI=1S/C23H24N6/c1-29-11-9-17-2-3-18(12-19(17)15-29)23-24-10-8-22(28-23)27-21-6-4-16(5-7-21)20-13-25-26-14-20/h2-8,10,12-14,23-24H,9,11,15H2,1H3,(H,25,26)(H,27,28). The largest absolute Gasteiger partial charge is 0.366 e. The first-order chi connectivity index (χ1) is 14.2. The number of rotatable bonds is 3. The number of H-pyrrole nitrogens is 1. The fourth-order valence-corrected chi connectivity index (χ4v) is 3.87. The third-order valence-corrected chi connectivity index (χ3v) is 5.50. The van der Waals surface area contributed by atoms with Crippen molar-refractivity contribution >= 4 is 11.5 Å². The van der Waals surface area contributed by atoms with Crippen LogP contribution in [-0.4, -0.2) is 34.5 Å². The zero-order valence-electron chi connectivity index (χ0n) is 16.4. The van der Waals surface area contributed by atoms with E-state index in [-0.39, 0.29) is 6.17 Å². The molecule has 0 bridgehead atoms. The fraction of sp³-hybridized carbons (Fsp3) is 0.217. The molecule has 2 aliphatic heterocycles. The van der Waals surface area contributed by atoms with Crippen molar-refractivity contribution in [2.24, 2.45) is 4.99 Å². The number of nitrogens with one attached hydrogen (secondary N) is 3. The second-order valence-electron chi connectivity index (χ2n) is 7.62. The Morgan fingerprint density at radius 3 is 2.79 bits per heavy atom. The lowest BCUT2D eigenvalue weighted by Crippen LogP contribution is -2.27. The van der Waals surface area contributed by atoms with E-state index in [1.165, 1.54) is 16.7 Å². The summed E-state index contributed by atoms with van der Waals surface area (Å²) >= 11 is 0. The average molecular weight is 384 g/mol. The molecule has 3 heterocycles. The molecular formula is C23H24N6. The van der Waals surface area contributed by atoms with Gasteiger partial charge < -0.3 is 15.5 Å². The molecule has 2 aromatic carbocycles. The monoisotopic (exact) mass is 384 g/mol. The van der Waals surface area contributed by atoms with E-state index in [4.69, 9.17) is 4.99 Å². The summed E-state index contributed by atoms with van der Waals surface area (Å²) < 4.78 is 0. The highest BCUT2D eigenvalue weighted by Crippen LogP contribution is 2.25. The van der Waals surface area contributed by atoms with Crippen LogP contribution < -0.4 is 10.6 Å². The second-order valence-corrected chi connectivity index (χ2v) is 7.62. The summed E-state index contributed by atoms with van der Waals surface area (Å²) in [5, 5.41) is 13.6. The molecule has 6 nitrogen and oxygen atoms in total. The van der Waals surface area contributed by atoms with E-state index in [2.05, 4.69) is 75.2 Å². The van der Waals surface area contributed by atoms with Crippen LogP contribution in [0.15, 0.2) is 72.1 Å². The van der Waals surface area contributed by atoms with Crippen molar-refractivity contribution < 1.29 is 0 Å². The van der Waals surface area contributed by atoms with Crippen molar-refractivity contribution in [3.8, 4) is 11.1 Å². The van der Waals surface area contributed by atoms with E-state index in [0.717, 1.165) is 42.2 Å². The van der Waals surface area contributed by atoms with Crippen molar-refractivity contribution in [1.29, 1.82) is 0 Å². The molecule has 29 heavy (non-hydrogen) atoms. The number of amidine groups is 1. The van der Waals surface area contributed by atoms with Crippen molar-refractivity contribution in [2.75, 3.05) is 18.9 Å². The topological polar surface area (TPSA) is 68.3 Å². The maximum atomic E-state index is 4.87. The SMILES string of the molecule is CN1CCc2ccc(C3N=C(Nc4ccc(-c5cn[nH]c5)cc4)C=CN3)cc2C1. The summed E-state index contributed by atoms with van der Waals surface area (Å²) in [6.07, 6.45) is 8.68. The van der Waals surface area contributed by atoms with Crippen molar-refractivity contribution in [1.82, 2.24) is 20.4 Å². The molecule has 3 N–H and O–H groups in total. The molecular weight excluding hydrogens is 360 g/mol. The van der Waals surface area contributed by atoms with E-state index in [0.29, 0.717) is 0 Å². The number of aromatic nitrogens is 2. The predicted molar refractivity (Wildman–Crippen MR) is 117 cm³/mol. The minimum atomic E-state index is -0.0785. The van der Waals surface area contributed by atoms with Gasteiger partial charge in [0.15, 0.2) is 0 Å². The molecule has 6 heteroatoms. The first kappa shape index (κ1) is 17.7. The van der Waals surface area contributed by atoms with Gasteiger partial charge in [0.1, 0.15) is 12.0 Å². The van der Waals surface area contributed by atoms with Crippen molar-refractivity contribution in [2.45, 2.75) is 19.1 Å². The molecule has 1 aromatic heterocycles. The molecule has 0 aliphatic carbocycles. The molecule has 3 aromatic rings. The highest BCUT2D eigenvalue weighted by atomic mass is 15.1. The molecule has 0 fully saturated rings. The predicted octanol–water partition coefficient (Wildman–Crippen LogP) is 3.69. The summed E-state index contributed by atoms with van der Waals surface area (Å²) in [5.41, 5.74) is 7.27. The van der Waals surface area contributed by atoms with Gasteiger partial charge in [0.2, 0.25) is 0 Å². The van der Waals surface area contributed by atoms with Crippen LogP contribution in [0.25, 0.3) is 11.1 Å². The van der Waals surface area contributed by atoms with E-state index in [1.807, 2.05) is 24.7 Å². The van der Waals surface area contributed by atoms with Crippen LogP contribution in [0.5, 0.6) is 0 Å². The number of aliphatic imine (C=N–C) groups is 1. The van der Waals surface area contributed by atoms with Crippen LogP contribution in [0.1, 0.15) is 22.9 Å². The molecule has 0 spiro atoms. The first-order valence-corrected chi connectivity index (χ1v) is 9.91. The lowest BCUT2D eigenvalue weighted by atomic mass is 9.96. The van der Waals surface area contributed by atoms with Crippen molar-refractivity contribution in [3.63, 3.8) is 0 Å². The van der Waals surface area contributed by atoms with Gasteiger partial charge in [0.25, 0.3) is 0 Å². The van der Waals surface area contributed by atoms with Gasteiger partial charge in [-0.05, 0) is 53.9 Å². The molecule has 1 atom stereocenters. The first-order valence-electron chi connectivity index (χ1n) is 9.91. The Labute approximate surface area is 170 Å². The summed E-state index contributed by atoms with van der Waals surface area (Å²) in [4.78, 5) is 7.23. The van der Waals surface area contributed by atoms with Crippen LogP contribution in [0.4, 0.5) is 5.69 Å². The molecule has 0 radical (unpaired) electrons. The highest BCUT2D eigenvalue weighted by molar-refractivity contribution is 6.04. The van der Waals surface area contributed by atoms with Gasteiger partial charge in [-0.1, -0.05) is 30.3 Å². The fourth-order valence-electron chi connectivity index (χ4n) is 3.87. The second kappa shape index (κ2) is 7.56. The quantitative estimate of drug-likeness (QED) is 0.644. The molecule has 0 saturated carbocycles. The van der Waals surface area contributed by atoms with Gasteiger partial charge in [-0.2, -0.15) is 5.10 Å². The number of anilines is 1. The van der Waals surface area contributed by atoms with Crippen LogP contribution in [0.3, 0.4) is 0 Å². The van der Waals surface area contributed by atoms with Gasteiger partial charge in [-0.3, -0.25) is 5.10 Å². The molecule has 146 valence electrons. The van der Waals surface area contributed by atoms with E-state index in [1.54, 1.807) is 0 Å². The summed E-state index contributed by atoms with van der Waals surface area (Å²) in [6, 6.07) is 15.0. The molecule has 2 aliphatic rings. The Balaban J connectivity index is 1.33. The minimum Gasteiger partial charge on any atom is -0.366 e. The summed E-state index contributed by atoms with van der Waals surface area (Å²) in [7, 11) is 2.18. The molecule has 5 rings (SSSR count). The van der Waals surface area contributed by atoms with Crippen LogP contribution in [0, 0.1) is 0 Å². The Bertz CT molecular complexity index is 1050. The highest BCUT2D eigenvalue weighted by Gasteiger charge is 2.18. The number of likely N-dealkylation sites (N-methyl/N-ethyl adjacent to an activating group) is 1. The van der Waals surface area contributed by atoms with Gasteiger partial charge in [-0.15, -0.1) is 0 Å². The normalized spacial score (nSPS) is 18.7. The number of hydrogen-bond acceptors (Lipinski definition) is 5. The Kier molecular flexibility index (Phi) is 4.62. The third-order valence-electron chi connectivity index (χ3n) is 5.50. The van der Waals surface area contributed by atoms with Gasteiger partial charge >= 0.3 is 0 Å². The van der Waals surface area contributed by atoms with Gasteiger partial charge in [0.05, 0.1) is 6.20 Å². The summed E-state index contributed by atoms with van der Waals surface area (Å²) in [5.74, 6) is 0.847. The Hall–Kier alpha value is -3.38. The lowest BCUT2D eigenvalue weighted by Gasteiger charge is -2.27. The molecule has 0 amide bonds. The minimum absolute atomic E-state index is 0.0785. The zero-order valence-corrected chi connectivity index (χ0v) is 16.4. The smallest absolute Gasteiger partial charge is 0.146 e. The number of aromatic amines is 1. The van der Waals surface area contributed by atoms with Gasteiger partial charge in [0, 0.05) is 36.7 Å². The number of fused-ring (bicyclic) bond motifs is 1. The molecule has 1 unspecified atom stereocenters. The maximum Gasteiger partial charge on any atom is 0.146 e. The zero-order chi connectivity index (χ0) is 19.6. The molecule has 0 saturated heterocycles. The van der Waals surface area contributed by atoms with E-state index in [9.17, 15) is 0 Å². The van der Waals surface area contributed by atoms with Crippen LogP contribution in [-0.2, 0) is 13.0 Å². The van der Waals surface area contributed by atoms with Gasteiger partial charge in [-0.25, -0.2) is 4.99 Å². The number of benzene rings is 2. The number of hydrogen-bond donors (Lipinski definition) is 3. The third kappa shape index (κ3) is 3.79. The summed E-state index contributed by atoms with van der Waals surface area (Å²) in [6.45, 7) is 2.13. The van der Waals surface area contributed by atoms with E-state index < -0.39 is 0 Å². The Morgan fingerprint density at radius 2 is 1.97 bits per heavy atom. The number of nitrogens with zero attached hydrogens (tertiary/aromatic N) is 3. The maximum absolute atomic E-state index is 4.87. The van der Waals surface area contributed by atoms with Crippen molar-refractivity contribution in [3.05, 3.63) is 83.8 Å². The van der Waals surface area contributed by atoms with Crippen LogP contribution in [0.2, 0.25) is 0 Å². The average Bonchev–Trinajstić information content (AvgIpc) is 3.29. The van der Waals surface area contributed by atoms with E-state index >= 15 is 0 Å².